The summed E-state index contributed by atoms with van der Waals surface area (Å²) >= 11 is 4.23. The highest BCUT2D eigenvalue weighted by atomic mass is 32.1. The van der Waals surface area contributed by atoms with Crippen molar-refractivity contribution >= 4 is 35.0 Å². The summed E-state index contributed by atoms with van der Waals surface area (Å²) in [5.41, 5.74) is 9.44. The number of carbonyl (C=O) groups is 1. The minimum Gasteiger partial charge on any atom is -0.466 e. The molecule has 0 aliphatic carbocycles. The number of carbonyl (C=O) groups excluding carboxylic acids is 1. The molecule has 0 saturated carbocycles. The molecule has 0 bridgehead atoms. The number of fused-ring (bicyclic) bond motifs is 1. The number of ether oxygens (including phenoxy) is 1. The zero-order chi connectivity index (χ0) is 23.8. The van der Waals surface area contributed by atoms with Crippen LogP contribution in [0.3, 0.4) is 0 Å². The van der Waals surface area contributed by atoms with E-state index < -0.39 is 0 Å². The van der Waals surface area contributed by atoms with Crippen molar-refractivity contribution < 1.29 is 9.53 Å². The number of nitrogens with one attached hydrogen (secondary N) is 2. The van der Waals surface area contributed by atoms with Crippen LogP contribution in [0.5, 0.6) is 5.88 Å². The van der Waals surface area contributed by atoms with Crippen molar-refractivity contribution in [1.82, 2.24) is 10.3 Å². The Balaban J connectivity index is 1.44. The fourth-order valence-electron chi connectivity index (χ4n) is 3.59. The summed E-state index contributed by atoms with van der Waals surface area (Å²) in [4.78, 5) is 17.2. The van der Waals surface area contributed by atoms with E-state index in [0.29, 0.717) is 30.4 Å². The van der Waals surface area contributed by atoms with Crippen LogP contribution >= 0.6 is 12.6 Å². The van der Waals surface area contributed by atoms with Crippen LogP contribution < -0.4 is 21.1 Å². The smallest absolute Gasteiger partial charge is 0.258 e. The summed E-state index contributed by atoms with van der Waals surface area (Å²) in [5.74, 6) is 0.681. The number of nitrogens with two attached hydrogens (primary N) is 1. The second-order valence-electron chi connectivity index (χ2n) is 7.94. The van der Waals surface area contributed by atoms with Crippen molar-refractivity contribution in [2.75, 3.05) is 24.2 Å². The lowest BCUT2D eigenvalue weighted by Gasteiger charge is -2.16. The molecule has 34 heavy (non-hydrogen) atoms. The van der Waals surface area contributed by atoms with Gasteiger partial charge in [0, 0.05) is 30.4 Å². The first-order valence-corrected chi connectivity index (χ1v) is 11.8. The maximum Gasteiger partial charge on any atom is 0.258 e. The minimum absolute atomic E-state index is 0.117. The maximum atomic E-state index is 12.6. The van der Waals surface area contributed by atoms with Gasteiger partial charge in [-0.25, -0.2) is 4.98 Å². The average Bonchev–Trinajstić information content (AvgIpc) is 2.90. The number of anilines is 1. The third kappa shape index (κ3) is 6.07. The van der Waals surface area contributed by atoms with Crippen LogP contribution in [0.2, 0.25) is 0 Å². The van der Waals surface area contributed by atoms with E-state index in [1.54, 1.807) is 0 Å². The number of benzene rings is 3. The largest absolute Gasteiger partial charge is 0.466 e. The molecule has 7 heteroatoms. The van der Waals surface area contributed by atoms with E-state index in [-0.39, 0.29) is 18.6 Å². The number of amides is 1. The van der Waals surface area contributed by atoms with Crippen LogP contribution in [-0.4, -0.2) is 35.8 Å². The number of thiol groups is 1. The Labute approximate surface area is 205 Å². The number of pyridine rings is 1. The van der Waals surface area contributed by atoms with Crippen LogP contribution in [0.25, 0.3) is 22.0 Å². The molecule has 4 rings (SSSR count). The molecule has 1 atom stereocenters. The molecule has 174 valence electrons. The molecule has 0 spiro atoms. The topological polar surface area (TPSA) is 89.3 Å². The fraction of sp³-hybridized carbons (Fsp3) is 0.185. The summed E-state index contributed by atoms with van der Waals surface area (Å²) in [6.45, 7) is 0.783. The fourth-order valence-corrected chi connectivity index (χ4v) is 3.71. The van der Waals surface area contributed by atoms with Gasteiger partial charge in [-0.1, -0.05) is 72.8 Å². The van der Waals surface area contributed by atoms with Crippen molar-refractivity contribution in [3.63, 3.8) is 0 Å². The van der Waals surface area contributed by atoms with Crippen LogP contribution in [0.1, 0.15) is 5.56 Å². The van der Waals surface area contributed by atoms with E-state index in [1.165, 1.54) is 0 Å². The Bertz CT molecular complexity index is 1240. The van der Waals surface area contributed by atoms with Gasteiger partial charge in [-0.2, -0.15) is 12.6 Å². The van der Waals surface area contributed by atoms with Crippen molar-refractivity contribution in [3.05, 3.63) is 90.5 Å². The van der Waals surface area contributed by atoms with Gasteiger partial charge in [0.1, 0.15) is 0 Å². The Morgan fingerprint density at radius 1 is 0.971 bits per heavy atom. The van der Waals surface area contributed by atoms with Crippen LogP contribution in [0.15, 0.2) is 84.9 Å². The first kappa shape index (κ1) is 23.6. The number of rotatable bonds is 10. The zero-order valence-electron chi connectivity index (χ0n) is 18.8. The van der Waals surface area contributed by atoms with Crippen molar-refractivity contribution in [3.8, 4) is 17.1 Å². The third-order valence-corrected chi connectivity index (χ3v) is 5.88. The predicted molar refractivity (Wildman–Crippen MR) is 141 cm³/mol. The van der Waals surface area contributed by atoms with Gasteiger partial charge < -0.3 is 21.1 Å². The lowest BCUT2D eigenvalue weighted by Crippen LogP contribution is -2.31. The highest BCUT2D eigenvalue weighted by Crippen LogP contribution is 2.27. The quantitative estimate of drug-likeness (QED) is 0.259. The van der Waals surface area contributed by atoms with Gasteiger partial charge in [-0.05, 0) is 28.5 Å². The SMILES string of the molecule is NC(CS)CNc1ccc(-c2ccccc2)nc1OCC(=O)NCc1cccc2ccccc12. The van der Waals surface area contributed by atoms with E-state index >= 15 is 0 Å². The first-order valence-electron chi connectivity index (χ1n) is 11.2. The lowest BCUT2D eigenvalue weighted by molar-refractivity contribution is -0.123. The highest BCUT2D eigenvalue weighted by molar-refractivity contribution is 7.80. The van der Waals surface area contributed by atoms with Gasteiger partial charge in [0.25, 0.3) is 5.91 Å². The molecule has 1 unspecified atom stereocenters. The first-order chi connectivity index (χ1) is 16.6. The number of hydrogen-bond donors (Lipinski definition) is 4. The summed E-state index contributed by atoms with van der Waals surface area (Å²) in [7, 11) is 0. The predicted octanol–water partition coefficient (Wildman–Crippen LogP) is 4.27. The molecule has 0 aliphatic heterocycles. The molecule has 0 aliphatic rings. The van der Waals surface area contributed by atoms with E-state index in [4.69, 9.17) is 10.5 Å². The molecule has 0 fully saturated rings. The summed E-state index contributed by atoms with van der Waals surface area (Å²) in [6.07, 6.45) is 0. The highest BCUT2D eigenvalue weighted by Gasteiger charge is 2.12. The van der Waals surface area contributed by atoms with Gasteiger partial charge in [0.2, 0.25) is 5.88 Å². The van der Waals surface area contributed by atoms with Gasteiger partial charge in [0.05, 0.1) is 11.4 Å². The maximum absolute atomic E-state index is 12.6. The number of hydrogen-bond acceptors (Lipinski definition) is 6. The number of nitrogens with zero attached hydrogens (tertiary/aromatic N) is 1. The van der Waals surface area contributed by atoms with Crippen LogP contribution in [-0.2, 0) is 11.3 Å². The Morgan fingerprint density at radius 3 is 2.56 bits per heavy atom. The molecule has 1 amide bonds. The van der Waals surface area contributed by atoms with Crippen molar-refractivity contribution in [2.24, 2.45) is 5.73 Å². The van der Waals surface area contributed by atoms with Crippen LogP contribution in [0.4, 0.5) is 5.69 Å². The minimum atomic E-state index is -0.224. The van der Waals surface area contributed by atoms with E-state index in [0.717, 1.165) is 27.6 Å². The third-order valence-electron chi connectivity index (χ3n) is 5.41. The average molecular weight is 473 g/mol. The van der Waals surface area contributed by atoms with Gasteiger partial charge in [0.15, 0.2) is 6.61 Å². The van der Waals surface area contributed by atoms with Gasteiger partial charge in [-0.15, -0.1) is 0 Å². The van der Waals surface area contributed by atoms with E-state index in [9.17, 15) is 4.79 Å². The molecule has 3 aromatic carbocycles. The molecule has 0 saturated heterocycles. The Kier molecular flexibility index (Phi) is 8.01. The summed E-state index contributed by atoms with van der Waals surface area (Å²) < 4.78 is 5.86. The van der Waals surface area contributed by atoms with Crippen molar-refractivity contribution in [1.29, 1.82) is 0 Å². The summed E-state index contributed by atoms with van der Waals surface area (Å²) in [6, 6.07) is 27.7. The second-order valence-corrected chi connectivity index (χ2v) is 8.31. The van der Waals surface area contributed by atoms with E-state index in [2.05, 4.69) is 46.4 Å². The van der Waals surface area contributed by atoms with Gasteiger partial charge in [-0.3, -0.25) is 4.79 Å². The zero-order valence-corrected chi connectivity index (χ0v) is 19.7. The van der Waals surface area contributed by atoms with Crippen LogP contribution in [0, 0.1) is 0 Å². The normalized spacial score (nSPS) is 11.7. The molecule has 1 heterocycles. The Morgan fingerprint density at radius 2 is 1.74 bits per heavy atom. The molecule has 6 nitrogen and oxygen atoms in total. The van der Waals surface area contributed by atoms with Crippen molar-refractivity contribution in [2.45, 2.75) is 12.6 Å². The van der Waals surface area contributed by atoms with Gasteiger partial charge >= 0.3 is 0 Å². The molecule has 4 aromatic rings. The molecule has 0 radical (unpaired) electrons. The second kappa shape index (κ2) is 11.5. The molecular formula is C27H28N4O2S. The van der Waals surface area contributed by atoms with E-state index in [1.807, 2.05) is 66.7 Å². The molecular weight excluding hydrogens is 444 g/mol. The number of aromatic nitrogens is 1. The standard InChI is InChI=1S/C27H28N4O2S/c28-22(18-34)16-29-25-14-13-24(20-8-2-1-3-9-20)31-27(25)33-17-26(32)30-15-21-11-6-10-19-7-4-5-12-23(19)21/h1-14,22,29,34H,15-18,28H2,(H,30,32). The molecule has 1 aromatic heterocycles. The lowest BCUT2D eigenvalue weighted by atomic mass is 10.0. The Hall–Kier alpha value is -3.55. The summed E-state index contributed by atoms with van der Waals surface area (Å²) in [5, 5.41) is 8.46. The molecule has 4 N–H and O–H groups in total. The monoisotopic (exact) mass is 472 g/mol.